The number of hydrogen-bond acceptors (Lipinski definition) is 1. The van der Waals surface area contributed by atoms with Crippen LogP contribution in [0.25, 0.3) is 0 Å². The molecule has 0 radical (unpaired) electrons. The second kappa shape index (κ2) is 6.47. The Balaban J connectivity index is 3.30. The van der Waals surface area contributed by atoms with E-state index in [1.807, 2.05) is 0 Å². The minimum Gasteiger partial charge on any atom is -0.328 e. The van der Waals surface area contributed by atoms with E-state index in [1.165, 1.54) is 25.7 Å². The van der Waals surface area contributed by atoms with Crippen LogP contribution in [0.5, 0.6) is 0 Å². The van der Waals surface area contributed by atoms with Crippen molar-refractivity contribution in [3.63, 3.8) is 0 Å². The number of nitrogens with two attached hydrogens (primary N) is 1. The molecule has 3 unspecified atom stereocenters. The fraction of sp³-hybridized carbons (Fsp3) is 1.00. The molecular weight excluding hydrogens is 146 g/mol. The van der Waals surface area contributed by atoms with Crippen molar-refractivity contribution in [2.24, 2.45) is 17.6 Å². The van der Waals surface area contributed by atoms with E-state index in [1.54, 1.807) is 0 Å². The molecule has 0 aromatic carbocycles. The van der Waals surface area contributed by atoms with E-state index in [0.29, 0.717) is 12.0 Å². The Hall–Kier alpha value is -0.0400. The Labute approximate surface area is 77.7 Å². The van der Waals surface area contributed by atoms with Gasteiger partial charge in [0.25, 0.3) is 0 Å². The van der Waals surface area contributed by atoms with Crippen LogP contribution in [-0.4, -0.2) is 6.04 Å². The molecule has 2 N–H and O–H groups in total. The third kappa shape index (κ3) is 5.59. The summed E-state index contributed by atoms with van der Waals surface area (Å²) in [5, 5.41) is 0. The van der Waals surface area contributed by atoms with Gasteiger partial charge < -0.3 is 5.73 Å². The molecule has 3 atom stereocenters. The summed E-state index contributed by atoms with van der Waals surface area (Å²) in [5.41, 5.74) is 5.79. The SMILES string of the molecule is CCC(C)CCCC(C)C(C)N. The first-order valence-corrected chi connectivity index (χ1v) is 5.33. The number of rotatable bonds is 6. The predicted molar refractivity (Wildman–Crippen MR) is 56.1 cm³/mol. The van der Waals surface area contributed by atoms with Crippen molar-refractivity contribution in [3.05, 3.63) is 0 Å². The molecule has 0 rings (SSSR count). The molecule has 0 saturated heterocycles. The first-order chi connectivity index (χ1) is 5.57. The van der Waals surface area contributed by atoms with E-state index >= 15 is 0 Å². The van der Waals surface area contributed by atoms with Gasteiger partial charge in [0.15, 0.2) is 0 Å². The summed E-state index contributed by atoms with van der Waals surface area (Å²) in [6, 6.07) is 0.363. The predicted octanol–water partition coefficient (Wildman–Crippen LogP) is 3.19. The van der Waals surface area contributed by atoms with Crippen LogP contribution in [-0.2, 0) is 0 Å². The maximum Gasteiger partial charge on any atom is 0.00361 e. The van der Waals surface area contributed by atoms with Crippen LogP contribution in [0.15, 0.2) is 0 Å². The fourth-order valence-electron chi connectivity index (χ4n) is 1.26. The third-order valence-corrected chi connectivity index (χ3v) is 2.95. The lowest BCUT2D eigenvalue weighted by Gasteiger charge is -2.16. The average molecular weight is 171 g/mol. The summed E-state index contributed by atoms with van der Waals surface area (Å²) in [6.45, 7) is 8.95. The van der Waals surface area contributed by atoms with Crippen LogP contribution >= 0.6 is 0 Å². The van der Waals surface area contributed by atoms with E-state index in [2.05, 4.69) is 27.7 Å². The lowest BCUT2D eigenvalue weighted by Crippen LogP contribution is -2.24. The van der Waals surface area contributed by atoms with Gasteiger partial charge >= 0.3 is 0 Å². The highest BCUT2D eigenvalue weighted by molar-refractivity contribution is 4.64. The van der Waals surface area contributed by atoms with Crippen LogP contribution < -0.4 is 5.73 Å². The molecule has 74 valence electrons. The maximum absolute atomic E-state index is 5.79. The first kappa shape index (κ1) is 12.0. The molecule has 1 heteroatoms. The second-order valence-corrected chi connectivity index (χ2v) is 4.28. The Morgan fingerprint density at radius 3 is 2.08 bits per heavy atom. The number of hydrogen-bond donors (Lipinski definition) is 1. The highest BCUT2D eigenvalue weighted by atomic mass is 14.6. The molecule has 0 spiro atoms. The standard InChI is InChI=1S/C11H25N/c1-5-9(2)7-6-8-10(3)11(4)12/h9-11H,5-8,12H2,1-4H3. The Morgan fingerprint density at radius 2 is 1.67 bits per heavy atom. The summed E-state index contributed by atoms with van der Waals surface area (Å²) in [5.74, 6) is 1.58. The molecule has 0 aliphatic rings. The third-order valence-electron chi connectivity index (χ3n) is 2.95. The van der Waals surface area contributed by atoms with Crippen molar-refractivity contribution in [1.29, 1.82) is 0 Å². The van der Waals surface area contributed by atoms with Crippen molar-refractivity contribution in [1.82, 2.24) is 0 Å². The molecule has 0 heterocycles. The Kier molecular flexibility index (Phi) is 6.45. The summed E-state index contributed by atoms with van der Waals surface area (Å²) in [6.07, 6.45) is 5.32. The van der Waals surface area contributed by atoms with Gasteiger partial charge in [0.05, 0.1) is 0 Å². The molecule has 0 bridgehead atoms. The molecular formula is C11H25N. The Bertz CT molecular complexity index is 99.2. The largest absolute Gasteiger partial charge is 0.328 e. The van der Waals surface area contributed by atoms with Crippen molar-refractivity contribution in [2.75, 3.05) is 0 Å². The zero-order valence-corrected chi connectivity index (χ0v) is 9.14. The van der Waals surface area contributed by atoms with E-state index in [0.717, 1.165) is 5.92 Å². The van der Waals surface area contributed by atoms with Gasteiger partial charge in [-0.3, -0.25) is 0 Å². The fourth-order valence-corrected chi connectivity index (χ4v) is 1.26. The maximum atomic E-state index is 5.79. The van der Waals surface area contributed by atoms with Gasteiger partial charge in [0.1, 0.15) is 0 Å². The van der Waals surface area contributed by atoms with Gasteiger partial charge in [-0.1, -0.05) is 40.0 Å². The molecule has 0 aromatic heterocycles. The Morgan fingerprint density at radius 1 is 1.08 bits per heavy atom. The smallest absolute Gasteiger partial charge is 0.00361 e. The van der Waals surface area contributed by atoms with Crippen LogP contribution in [0, 0.1) is 11.8 Å². The highest BCUT2D eigenvalue weighted by Gasteiger charge is 2.07. The minimum absolute atomic E-state index is 0.363. The molecule has 12 heavy (non-hydrogen) atoms. The molecule has 1 nitrogen and oxygen atoms in total. The monoisotopic (exact) mass is 171 g/mol. The van der Waals surface area contributed by atoms with Gasteiger partial charge in [0.2, 0.25) is 0 Å². The lowest BCUT2D eigenvalue weighted by molar-refractivity contribution is 0.398. The normalized spacial score (nSPS) is 18.8. The molecule has 0 saturated carbocycles. The minimum atomic E-state index is 0.363. The highest BCUT2D eigenvalue weighted by Crippen LogP contribution is 2.16. The summed E-state index contributed by atoms with van der Waals surface area (Å²) >= 11 is 0. The van der Waals surface area contributed by atoms with Gasteiger partial charge in [0, 0.05) is 6.04 Å². The lowest BCUT2D eigenvalue weighted by atomic mass is 9.94. The second-order valence-electron chi connectivity index (χ2n) is 4.28. The van der Waals surface area contributed by atoms with Crippen molar-refractivity contribution in [2.45, 2.75) is 59.4 Å². The van der Waals surface area contributed by atoms with E-state index in [9.17, 15) is 0 Å². The van der Waals surface area contributed by atoms with Crippen molar-refractivity contribution >= 4 is 0 Å². The van der Waals surface area contributed by atoms with Gasteiger partial charge in [-0.15, -0.1) is 0 Å². The summed E-state index contributed by atoms with van der Waals surface area (Å²) in [4.78, 5) is 0. The van der Waals surface area contributed by atoms with E-state index in [4.69, 9.17) is 5.73 Å². The zero-order valence-electron chi connectivity index (χ0n) is 9.14. The van der Waals surface area contributed by atoms with Gasteiger partial charge in [-0.05, 0) is 25.2 Å². The van der Waals surface area contributed by atoms with Crippen molar-refractivity contribution in [3.8, 4) is 0 Å². The molecule has 0 aromatic rings. The molecule has 0 aliphatic carbocycles. The summed E-state index contributed by atoms with van der Waals surface area (Å²) < 4.78 is 0. The van der Waals surface area contributed by atoms with Crippen LogP contribution in [0.4, 0.5) is 0 Å². The first-order valence-electron chi connectivity index (χ1n) is 5.33. The topological polar surface area (TPSA) is 26.0 Å². The van der Waals surface area contributed by atoms with Crippen LogP contribution in [0.2, 0.25) is 0 Å². The molecule has 0 fully saturated rings. The average Bonchev–Trinajstić information content (AvgIpc) is 2.03. The van der Waals surface area contributed by atoms with Crippen LogP contribution in [0.3, 0.4) is 0 Å². The van der Waals surface area contributed by atoms with E-state index in [-0.39, 0.29) is 0 Å². The van der Waals surface area contributed by atoms with Gasteiger partial charge in [-0.2, -0.15) is 0 Å². The molecule has 0 aliphatic heterocycles. The van der Waals surface area contributed by atoms with Crippen molar-refractivity contribution < 1.29 is 0 Å². The van der Waals surface area contributed by atoms with E-state index < -0.39 is 0 Å². The van der Waals surface area contributed by atoms with Crippen LogP contribution in [0.1, 0.15) is 53.4 Å². The zero-order chi connectivity index (χ0) is 9.56. The molecule has 0 amide bonds. The van der Waals surface area contributed by atoms with Gasteiger partial charge in [-0.25, -0.2) is 0 Å². The quantitative estimate of drug-likeness (QED) is 0.652. The summed E-state index contributed by atoms with van der Waals surface area (Å²) in [7, 11) is 0.